The summed E-state index contributed by atoms with van der Waals surface area (Å²) in [6.07, 6.45) is 1.74. The molecule has 3 nitrogen and oxygen atoms in total. The zero-order valence-electron chi connectivity index (χ0n) is 15.4. The molecule has 0 aliphatic heterocycles. The number of hydrogen-bond donors (Lipinski definition) is 1. The van der Waals surface area contributed by atoms with Crippen molar-refractivity contribution < 1.29 is 0 Å². The topological polar surface area (TPSA) is 48.7 Å². The van der Waals surface area contributed by atoms with Crippen LogP contribution in [0.15, 0.2) is 48.0 Å². The third-order valence-electron chi connectivity index (χ3n) is 4.49. The van der Waals surface area contributed by atoms with Crippen molar-refractivity contribution >= 4 is 22.6 Å². The summed E-state index contributed by atoms with van der Waals surface area (Å²) >= 11 is 1.49. The van der Waals surface area contributed by atoms with Crippen LogP contribution in [-0.2, 0) is 0 Å². The second kappa shape index (κ2) is 7.55. The monoisotopic (exact) mass is 359 g/mol. The van der Waals surface area contributed by atoms with Gasteiger partial charge in [0, 0.05) is 22.8 Å². The van der Waals surface area contributed by atoms with Gasteiger partial charge in [-0.15, -0.1) is 11.3 Å². The zero-order chi connectivity index (χ0) is 18.7. The van der Waals surface area contributed by atoms with Crippen LogP contribution in [0, 0.1) is 39.0 Å². The first-order chi connectivity index (χ1) is 12.5. The van der Waals surface area contributed by atoms with Gasteiger partial charge in [0.25, 0.3) is 0 Å². The van der Waals surface area contributed by atoms with Crippen molar-refractivity contribution in [2.45, 2.75) is 27.7 Å². The molecule has 0 amide bonds. The van der Waals surface area contributed by atoms with E-state index in [0.29, 0.717) is 5.57 Å². The fraction of sp³-hybridized carbons (Fsp3) is 0.182. The summed E-state index contributed by atoms with van der Waals surface area (Å²) in [6.45, 7) is 8.31. The van der Waals surface area contributed by atoms with E-state index in [4.69, 9.17) is 0 Å². The molecule has 0 aliphatic carbocycles. The van der Waals surface area contributed by atoms with E-state index in [1.807, 2.05) is 17.5 Å². The van der Waals surface area contributed by atoms with Crippen molar-refractivity contribution in [1.29, 1.82) is 5.26 Å². The van der Waals surface area contributed by atoms with E-state index in [1.54, 1.807) is 6.20 Å². The molecule has 0 saturated heterocycles. The lowest BCUT2D eigenvalue weighted by Gasteiger charge is -2.08. The van der Waals surface area contributed by atoms with Crippen molar-refractivity contribution in [1.82, 2.24) is 4.98 Å². The highest BCUT2D eigenvalue weighted by atomic mass is 32.1. The van der Waals surface area contributed by atoms with E-state index >= 15 is 0 Å². The number of aryl methyl sites for hydroxylation is 3. The Labute approximate surface area is 158 Å². The van der Waals surface area contributed by atoms with E-state index in [1.165, 1.54) is 33.6 Å². The van der Waals surface area contributed by atoms with Crippen LogP contribution in [0.1, 0.15) is 27.3 Å². The van der Waals surface area contributed by atoms with E-state index in [0.717, 1.165) is 22.0 Å². The number of rotatable bonds is 4. The minimum atomic E-state index is 0.534. The van der Waals surface area contributed by atoms with Crippen molar-refractivity contribution in [3.8, 4) is 17.3 Å². The Morgan fingerprint density at radius 1 is 1.12 bits per heavy atom. The van der Waals surface area contributed by atoms with Crippen LogP contribution in [-0.4, -0.2) is 4.98 Å². The average Bonchev–Trinajstić information content (AvgIpc) is 3.08. The molecule has 26 heavy (non-hydrogen) atoms. The maximum Gasteiger partial charge on any atom is 0.136 e. The molecule has 1 N–H and O–H groups in total. The number of thiazole rings is 1. The Balaban J connectivity index is 1.89. The van der Waals surface area contributed by atoms with E-state index in [-0.39, 0.29) is 0 Å². The largest absolute Gasteiger partial charge is 0.360 e. The molecule has 0 saturated carbocycles. The lowest BCUT2D eigenvalue weighted by molar-refractivity contribution is 1.32. The molecule has 0 radical (unpaired) electrons. The Hall–Kier alpha value is -2.90. The third-order valence-corrected chi connectivity index (χ3v) is 5.37. The van der Waals surface area contributed by atoms with Crippen LogP contribution in [0.25, 0.3) is 16.8 Å². The average molecular weight is 359 g/mol. The summed E-state index contributed by atoms with van der Waals surface area (Å²) < 4.78 is 0. The number of aromatic nitrogens is 1. The summed E-state index contributed by atoms with van der Waals surface area (Å²) in [4.78, 5) is 4.68. The summed E-state index contributed by atoms with van der Waals surface area (Å²) in [5.74, 6) is 0. The van der Waals surface area contributed by atoms with Crippen LogP contribution >= 0.6 is 11.3 Å². The van der Waals surface area contributed by atoms with Gasteiger partial charge in [0.2, 0.25) is 0 Å². The van der Waals surface area contributed by atoms with Gasteiger partial charge in [-0.1, -0.05) is 35.9 Å². The van der Waals surface area contributed by atoms with Crippen molar-refractivity contribution in [2.75, 3.05) is 5.32 Å². The summed E-state index contributed by atoms with van der Waals surface area (Å²) in [7, 11) is 0. The molecule has 1 heterocycles. The van der Waals surface area contributed by atoms with Crippen LogP contribution in [0.2, 0.25) is 0 Å². The molecule has 3 aromatic rings. The lowest BCUT2D eigenvalue weighted by atomic mass is 10.0. The Kier molecular flexibility index (Phi) is 5.20. The van der Waals surface area contributed by atoms with Gasteiger partial charge < -0.3 is 5.32 Å². The van der Waals surface area contributed by atoms with Gasteiger partial charge in [0.1, 0.15) is 16.6 Å². The Bertz CT molecular complexity index is 1020. The second-order valence-electron chi connectivity index (χ2n) is 6.42. The standard InChI is InChI=1S/C22H21N3S/c1-14-8-9-19(16(3)10-14)21-13-26-22(25-21)18(11-23)12-24-20-7-5-6-15(2)17(20)4/h5-10,12-13,24H,1-4H3/b18-12+. The van der Waals surface area contributed by atoms with Gasteiger partial charge in [-0.05, 0) is 50.5 Å². The molecule has 0 unspecified atom stereocenters. The first-order valence-electron chi connectivity index (χ1n) is 8.46. The predicted molar refractivity (Wildman–Crippen MR) is 110 cm³/mol. The number of allylic oxidation sites excluding steroid dienone is 1. The lowest BCUT2D eigenvalue weighted by Crippen LogP contribution is -1.95. The molecule has 0 bridgehead atoms. The number of hydrogen-bond acceptors (Lipinski definition) is 4. The van der Waals surface area contributed by atoms with Gasteiger partial charge in [-0.25, -0.2) is 4.98 Å². The van der Waals surface area contributed by atoms with Gasteiger partial charge in [-0.2, -0.15) is 5.26 Å². The maximum atomic E-state index is 9.56. The van der Waals surface area contributed by atoms with Crippen molar-refractivity contribution in [3.05, 3.63) is 75.2 Å². The summed E-state index contributed by atoms with van der Waals surface area (Å²) in [5, 5.41) is 15.5. The second-order valence-corrected chi connectivity index (χ2v) is 7.28. The summed E-state index contributed by atoms with van der Waals surface area (Å²) in [5.41, 5.74) is 8.38. The third kappa shape index (κ3) is 3.68. The molecule has 4 heteroatoms. The van der Waals surface area contributed by atoms with Gasteiger partial charge in [0.05, 0.1) is 5.69 Å². The van der Waals surface area contributed by atoms with Crippen LogP contribution < -0.4 is 5.32 Å². The van der Waals surface area contributed by atoms with E-state index in [2.05, 4.69) is 68.3 Å². The SMILES string of the molecule is Cc1ccc(-c2csc(/C(C#N)=C/Nc3cccc(C)c3C)n2)c(C)c1. The number of nitrogens with one attached hydrogen (secondary N) is 1. The molecule has 0 fully saturated rings. The van der Waals surface area contributed by atoms with Crippen LogP contribution in [0.5, 0.6) is 0 Å². The van der Waals surface area contributed by atoms with Crippen LogP contribution in [0.4, 0.5) is 5.69 Å². The number of anilines is 1. The predicted octanol–water partition coefficient (Wildman–Crippen LogP) is 6.02. The maximum absolute atomic E-state index is 9.56. The molecule has 0 atom stereocenters. The summed E-state index contributed by atoms with van der Waals surface area (Å²) in [6, 6.07) is 14.7. The molecule has 2 aromatic carbocycles. The highest BCUT2D eigenvalue weighted by molar-refractivity contribution is 7.11. The minimum Gasteiger partial charge on any atom is -0.360 e. The molecule has 0 aliphatic rings. The van der Waals surface area contributed by atoms with Crippen molar-refractivity contribution in [3.63, 3.8) is 0 Å². The smallest absolute Gasteiger partial charge is 0.136 e. The highest BCUT2D eigenvalue weighted by Crippen LogP contribution is 2.29. The Morgan fingerprint density at radius 3 is 2.65 bits per heavy atom. The normalized spacial score (nSPS) is 11.3. The van der Waals surface area contributed by atoms with E-state index < -0.39 is 0 Å². The number of nitriles is 1. The number of nitrogens with zero attached hydrogens (tertiary/aromatic N) is 2. The first kappa shape index (κ1) is 17.9. The number of benzene rings is 2. The molecule has 0 spiro atoms. The fourth-order valence-electron chi connectivity index (χ4n) is 2.82. The van der Waals surface area contributed by atoms with Gasteiger partial charge >= 0.3 is 0 Å². The molecule has 1 aromatic heterocycles. The molecular formula is C22H21N3S. The van der Waals surface area contributed by atoms with E-state index in [9.17, 15) is 5.26 Å². The molecule has 130 valence electrons. The molecular weight excluding hydrogens is 338 g/mol. The first-order valence-corrected chi connectivity index (χ1v) is 9.34. The quantitative estimate of drug-likeness (QED) is 0.579. The van der Waals surface area contributed by atoms with Gasteiger partial charge in [-0.3, -0.25) is 0 Å². The fourth-order valence-corrected chi connectivity index (χ4v) is 3.61. The zero-order valence-corrected chi connectivity index (χ0v) is 16.2. The molecule has 3 rings (SSSR count). The highest BCUT2D eigenvalue weighted by Gasteiger charge is 2.11. The Morgan fingerprint density at radius 2 is 1.92 bits per heavy atom. The van der Waals surface area contributed by atoms with Crippen molar-refractivity contribution in [2.24, 2.45) is 0 Å². The minimum absolute atomic E-state index is 0.534. The van der Waals surface area contributed by atoms with Crippen LogP contribution in [0.3, 0.4) is 0 Å². The van der Waals surface area contributed by atoms with Gasteiger partial charge in [0.15, 0.2) is 0 Å².